The van der Waals surface area contributed by atoms with Gasteiger partial charge in [-0.15, -0.1) is 0 Å². The van der Waals surface area contributed by atoms with Gasteiger partial charge in [-0.3, -0.25) is 0 Å². The number of halogens is 4. The number of hydrogen-bond donors (Lipinski definition) is 0. The molecular formula is C13H9F4NO. The van der Waals surface area contributed by atoms with Crippen LogP contribution in [0.25, 0.3) is 11.1 Å². The van der Waals surface area contributed by atoms with Crippen LogP contribution in [0.2, 0.25) is 0 Å². The molecular weight excluding hydrogens is 262 g/mol. The molecule has 0 amide bonds. The van der Waals surface area contributed by atoms with Crippen LogP contribution < -0.4 is 4.74 Å². The van der Waals surface area contributed by atoms with Crippen LogP contribution in [0.4, 0.5) is 17.6 Å². The molecule has 0 N–H and O–H groups in total. The van der Waals surface area contributed by atoms with Crippen molar-refractivity contribution < 1.29 is 22.3 Å². The van der Waals surface area contributed by atoms with Crippen molar-refractivity contribution >= 4 is 0 Å². The molecule has 19 heavy (non-hydrogen) atoms. The number of methoxy groups -OCH3 is 1. The van der Waals surface area contributed by atoms with Crippen molar-refractivity contribution in [3.05, 3.63) is 47.9 Å². The zero-order valence-electron chi connectivity index (χ0n) is 9.83. The Bertz CT molecular complexity index is 595. The van der Waals surface area contributed by atoms with Gasteiger partial charge in [-0.25, -0.2) is 9.37 Å². The van der Waals surface area contributed by atoms with Crippen molar-refractivity contribution in [2.75, 3.05) is 7.11 Å². The highest BCUT2D eigenvalue weighted by atomic mass is 19.4. The highest BCUT2D eigenvalue weighted by Gasteiger charge is 2.30. The summed E-state index contributed by atoms with van der Waals surface area (Å²) >= 11 is 0. The molecule has 0 bridgehead atoms. The Kier molecular flexibility index (Phi) is 3.42. The largest absolute Gasteiger partial charge is 0.479 e. The molecule has 0 aliphatic heterocycles. The van der Waals surface area contributed by atoms with Crippen LogP contribution in [0.3, 0.4) is 0 Å². The molecule has 2 aromatic rings. The SMILES string of the molecule is COc1ncc(-c2cccc(C(F)(F)F)c2)cc1F. The molecule has 0 spiro atoms. The maximum absolute atomic E-state index is 13.5. The Balaban J connectivity index is 2.45. The van der Waals surface area contributed by atoms with Crippen molar-refractivity contribution in [1.82, 2.24) is 4.98 Å². The van der Waals surface area contributed by atoms with E-state index in [0.29, 0.717) is 0 Å². The summed E-state index contributed by atoms with van der Waals surface area (Å²) in [5, 5.41) is 0. The fourth-order valence-electron chi connectivity index (χ4n) is 1.61. The zero-order chi connectivity index (χ0) is 14.0. The summed E-state index contributed by atoms with van der Waals surface area (Å²) in [5.41, 5.74) is -0.297. The quantitative estimate of drug-likeness (QED) is 0.772. The van der Waals surface area contributed by atoms with Gasteiger partial charge in [-0.2, -0.15) is 13.2 Å². The maximum Gasteiger partial charge on any atom is 0.416 e. The highest BCUT2D eigenvalue weighted by Crippen LogP contribution is 2.32. The molecule has 0 unspecified atom stereocenters. The monoisotopic (exact) mass is 271 g/mol. The molecule has 100 valence electrons. The first-order valence-corrected chi connectivity index (χ1v) is 5.29. The molecule has 0 aliphatic carbocycles. The lowest BCUT2D eigenvalue weighted by molar-refractivity contribution is -0.137. The summed E-state index contributed by atoms with van der Waals surface area (Å²) in [4.78, 5) is 3.69. The summed E-state index contributed by atoms with van der Waals surface area (Å²) in [6.07, 6.45) is -3.17. The van der Waals surface area contributed by atoms with Gasteiger partial charge in [-0.05, 0) is 23.8 Å². The molecule has 0 saturated heterocycles. The minimum absolute atomic E-state index is 0.198. The number of aromatic nitrogens is 1. The van der Waals surface area contributed by atoms with E-state index in [1.54, 1.807) is 0 Å². The minimum atomic E-state index is -4.44. The second kappa shape index (κ2) is 4.87. The molecule has 2 rings (SSSR count). The Labute approximate surface area is 106 Å². The van der Waals surface area contributed by atoms with Crippen molar-refractivity contribution in [2.24, 2.45) is 0 Å². The number of alkyl halides is 3. The molecule has 2 nitrogen and oxygen atoms in total. The molecule has 0 saturated carbocycles. The summed E-state index contributed by atoms with van der Waals surface area (Å²) < 4.78 is 55.8. The average molecular weight is 271 g/mol. The smallest absolute Gasteiger partial charge is 0.416 e. The fraction of sp³-hybridized carbons (Fsp3) is 0.154. The third-order valence-corrected chi connectivity index (χ3v) is 2.52. The van der Waals surface area contributed by atoms with E-state index < -0.39 is 17.6 Å². The first-order chi connectivity index (χ1) is 8.91. The zero-order valence-corrected chi connectivity index (χ0v) is 9.83. The standard InChI is InChI=1S/C13H9F4NO/c1-19-12-11(14)6-9(7-18-12)8-3-2-4-10(5-8)13(15,16)17/h2-7H,1H3. The number of hydrogen-bond acceptors (Lipinski definition) is 2. The third kappa shape index (κ3) is 2.83. The number of rotatable bonds is 2. The highest BCUT2D eigenvalue weighted by molar-refractivity contribution is 5.63. The van der Waals surface area contributed by atoms with E-state index in [0.717, 1.165) is 18.2 Å². The number of ether oxygens (including phenoxy) is 1. The van der Waals surface area contributed by atoms with Gasteiger partial charge in [0.25, 0.3) is 0 Å². The van der Waals surface area contributed by atoms with E-state index in [1.165, 1.54) is 25.4 Å². The van der Waals surface area contributed by atoms with E-state index in [2.05, 4.69) is 9.72 Å². The lowest BCUT2D eigenvalue weighted by Crippen LogP contribution is -2.04. The van der Waals surface area contributed by atoms with Crippen LogP contribution in [-0.2, 0) is 6.18 Å². The number of pyridine rings is 1. The molecule has 0 fully saturated rings. The van der Waals surface area contributed by atoms with Gasteiger partial charge in [0.2, 0.25) is 5.88 Å². The molecule has 0 atom stereocenters. The summed E-state index contributed by atoms with van der Waals surface area (Å²) in [6.45, 7) is 0. The first-order valence-electron chi connectivity index (χ1n) is 5.29. The fourth-order valence-corrected chi connectivity index (χ4v) is 1.61. The average Bonchev–Trinajstić information content (AvgIpc) is 2.38. The summed E-state index contributed by atoms with van der Waals surface area (Å²) in [7, 11) is 1.26. The third-order valence-electron chi connectivity index (χ3n) is 2.52. The van der Waals surface area contributed by atoms with Gasteiger partial charge in [0.15, 0.2) is 5.82 Å². The Hall–Kier alpha value is -2.11. The lowest BCUT2D eigenvalue weighted by atomic mass is 10.0. The molecule has 6 heteroatoms. The predicted octanol–water partition coefficient (Wildman–Crippen LogP) is 3.92. The van der Waals surface area contributed by atoms with Crippen molar-refractivity contribution in [2.45, 2.75) is 6.18 Å². The summed E-state index contributed by atoms with van der Waals surface area (Å²) in [6, 6.07) is 5.71. The van der Waals surface area contributed by atoms with Crippen molar-refractivity contribution in [3.8, 4) is 17.0 Å². The lowest BCUT2D eigenvalue weighted by Gasteiger charge is -2.09. The van der Waals surface area contributed by atoms with Gasteiger partial charge >= 0.3 is 6.18 Å². The molecule has 0 aliphatic rings. The van der Waals surface area contributed by atoms with Crippen molar-refractivity contribution in [1.29, 1.82) is 0 Å². The van der Waals surface area contributed by atoms with Gasteiger partial charge in [0.1, 0.15) is 0 Å². The molecule has 1 aromatic carbocycles. The second-order valence-corrected chi connectivity index (χ2v) is 3.79. The predicted molar refractivity (Wildman–Crippen MR) is 61.2 cm³/mol. The van der Waals surface area contributed by atoms with Gasteiger partial charge in [-0.1, -0.05) is 12.1 Å². The van der Waals surface area contributed by atoms with E-state index in [-0.39, 0.29) is 17.0 Å². The maximum atomic E-state index is 13.5. The Morgan fingerprint density at radius 1 is 1.11 bits per heavy atom. The van der Waals surface area contributed by atoms with E-state index >= 15 is 0 Å². The van der Waals surface area contributed by atoms with Crippen LogP contribution >= 0.6 is 0 Å². The Morgan fingerprint density at radius 2 is 1.84 bits per heavy atom. The van der Waals surface area contributed by atoms with E-state index in [9.17, 15) is 17.6 Å². The normalized spacial score (nSPS) is 11.4. The molecule has 1 heterocycles. The summed E-state index contributed by atoms with van der Waals surface area (Å²) in [5.74, 6) is -0.923. The van der Waals surface area contributed by atoms with Gasteiger partial charge in [0, 0.05) is 11.8 Å². The van der Waals surface area contributed by atoms with Crippen LogP contribution in [0, 0.1) is 5.82 Å². The van der Waals surface area contributed by atoms with E-state index in [4.69, 9.17) is 0 Å². The first kappa shape index (κ1) is 13.3. The van der Waals surface area contributed by atoms with Crippen LogP contribution in [-0.4, -0.2) is 12.1 Å². The van der Waals surface area contributed by atoms with Crippen LogP contribution in [0.15, 0.2) is 36.5 Å². The van der Waals surface area contributed by atoms with Gasteiger partial charge < -0.3 is 4.74 Å². The van der Waals surface area contributed by atoms with E-state index in [1.807, 2.05) is 0 Å². The Morgan fingerprint density at radius 3 is 2.42 bits per heavy atom. The van der Waals surface area contributed by atoms with Crippen molar-refractivity contribution in [3.63, 3.8) is 0 Å². The second-order valence-electron chi connectivity index (χ2n) is 3.79. The number of benzene rings is 1. The van der Waals surface area contributed by atoms with Crippen LogP contribution in [0.5, 0.6) is 5.88 Å². The molecule has 0 radical (unpaired) electrons. The van der Waals surface area contributed by atoms with Gasteiger partial charge in [0.05, 0.1) is 12.7 Å². The number of nitrogens with zero attached hydrogens (tertiary/aromatic N) is 1. The minimum Gasteiger partial charge on any atom is -0.479 e. The van der Waals surface area contributed by atoms with Crippen LogP contribution in [0.1, 0.15) is 5.56 Å². The molecule has 1 aromatic heterocycles. The topological polar surface area (TPSA) is 22.1 Å².